The van der Waals surface area contributed by atoms with Crippen LogP contribution in [0.2, 0.25) is 0 Å². The molecule has 1 aromatic heterocycles. The number of carboxylic acids is 1. The number of hydrogen-bond donors (Lipinski definition) is 1. The maximum Gasteiger partial charge on any atom is 0.443 e. The maximum atomic E-state index is 12.7. The molecule has 0 saturated heterocycles. The number of carbonyl (C=O) groups is 1. The number of hydrogen-bond acceptors (Lipinski definition) is 3. The summed E-state index contributed by atoms with van der Waals surface area (Å²) in [5.74, 6) is -1.83. The summed E-state index contributed by atoms with van der Waals surface area (Å²) in [6, 6.07) is 0. The molecule has 3 nitrogen and oxygen atoms in total. The topological polar surface area (TPSA) is 50.2 Å². The molecule has 0 aliphatic heterocycles. The van der Waals surface area contributed by atoms with Gasteiger partial charge in [-0.1, -0.05) is 0 Å². The third-order valence-electron chi connectivity index (χ3n) is 1.23. The zero-order valence-electron chi connectivity index (χ0n) is 6.38. The predicted molar refractivity (Wildman–Crippen MR) is 38.6 cm³/mol. The first kappa shape index (κ1) is 10.9. The van der Waals surface area contributed by atoms with E-state index in [1.165, 1.54) is 0 Å². The van der Waals surface area contributed by atoms with Gasteiger partial charge in [-0.3, -0.25) is 0 Å². The minimum atomic E-state index is -4.67. The van der Waals surface area contributed by atoms with Crippen LogP contribution in [0.5, 0.6) is 0 Å². The van der Waals surface area contributed by atoms with Crippen LogP contribution in [0.15, 0.2) is 6.20 Å². The lowest BCUT2D eigenvalue weighted by Gasteiger charge is -1.99. The summed E-state index contributed by atoms with van der Waals surface area (Å²) in [4.78, 5) is 12.4. The number of halogens is 4. The van der Waals surface area contributed by atoms with Gasteiger partial charge in [-0.05, 0) is 0 Å². The number of rotatable bonds is 2. The third kappa shape index (κ3) is 2.19. The average molecular weight is 229 g/mol. The van der Waals surface area contributed by atoms with Crippen molar-refractivity contribution in [1.29, 1.82) is 0 Å². The smallest absolute Gasteiger partial charge is 0.443 e. The Balaban J connectivity index is 2.94. The Labute approximate surface area is 79.0 Å². The van der Waals surface area contributed by atoms with Crippen molar-refractivity contribution < 1.29 is 27.5 Å². The lowest BCUT2D eigenvalue weighted by molar-refractivity contribution is -0.143. The number of thiazole rings is 1. The second-order valence-electron chi connectivity index (χ2n) is 2.27. The highest BCUT2D eigenvalue weighted by Crippen LogP contribution is 2.35. The highest BCUT2D eigenvalue weighted by Gasteiger charge is 2.36. The van der Waals surface area contributed by atoms with E-state index in [2.05, 4.69) is 4.98 Å². The van der Waals surface area contributed by atoms with E-state index < -0.39 is 28.2 Å². The van der Waals surface area contributed by atoms with Gasteiger partial charge in [0.15, 0.2) is 5.01 Å². The molecule has 1 rings (SSSR count). The van der Waals surface area contributed by atoms with Crippen LogP contribution in [0.3, 0.4) is 0 Å². The largest absolute Gasteiger partial charge is 0.479 e. The van der Waals surface area contributed by atoms with E-state index in [0.29, 0.717) is 6.20 Å². The molecule has 0 fully saturated rings. The molecule has 14 heavy (non-hydrogen) atoms. The fourth-order valence-corrected chi connectivity index (χ4v) is 1.41. The van der Waals surface area contributed by atoms with Crippen LogP contribution >= 0.6 is 11.3 Å². The van der Waals surface area contributed by atoms with E-state index in [1.54, 1.807) is 0 Å². The van der Waals surface area contributed by atoms with Crippen LogP contribution in [0.1, 0.15) is 16.1 Å². The van der Waals surface area contributed by atoms with Crippen LogP contribution in [0.25, 0.3) is 0 Å². The van der Waals surface area contributed by atoms with Crippen molar-refractivity contribution >= 4 is 17.3 Å². The fourth-order valence-electron chi connectivity index (χ4n) is 0.657. The zero-order chi connectivity index (χ0) is 10.9. The Morgan fingerprint density at radius 2 is 2.14 bits per heavy atom. The van der Waals surface area contributed by atoms with Gasteiger partial charge in [0.25, 0.3) is 0 Å². The number of alkyl halides is 4. The van der Waals surface area contributed by atoms with Crippen molar-refractivity contribution in [3.8, 4) is 0 Å². The van der Waals surface area contributed by atoms with E-state index in [1.807, 2.05) is 0 Å². The van der Waals surface area contributed by atoms with Gasteiger partial charge in [-0.2, -0.15) is 13.2 Å². The maximum absolute atomic E-state index is 12.7. The van der Waals surface area contributed by atoms with Crippen molar-refractivity contribution in [2.45, 2.75) is 12.3 Å². The number of aliphatic carboxylic acids is 1. The molecule has 0 saturated carbocycles. The molecule has 78 valence electrons. The molecule has 0 aliphatic rings. The molecule has 1 N–H and O–H groups in total. The van der Waals surface area contributed by atoms with E-state index in [9.17, 15) is 22.4 Å². The molecule has 1 heterocycles. The molecule has 0 aliphatic carbocycles. The summed E-state index contributed by atoms with van der Waals surface area (Å²) in [6.07, 6.45) is -6.54. The van der Waals surface area contributed by atoms with Crippen molar-refractivity contribution in [3.05, 3.63) is 16.1 Å². The molecule has 0 spiro atoms. The van der Waals surface area contributed by atoms with Gasteiger partial charge in [0.2, 0.25) is 6.17 Å². The summed E-state index contributed by atoms with van der Waals surface area (Å²) in [5.41, 5.74) is 0. The molecule has 1 unspecified atom stereocenters. The fraction of sp³-hybridized carbons (Fsp3) is 0.333. The first-order valence-electron chi connectivity index (χ1n) is 3.22. The monoisotopic (exact) mass is 229 g/mol. The first-order chi connectivity index (χ1) is 6.32. The molecule has 0 bridgehead atoms. The van der Waals surface area contributed by atoms with Crippen LogP contribution < -0.4 is 0 Å². The summed E-state index contributed by atoms with van der Waals surface area (Å²) in [7, 11) is 0. The minimum absolute atomic E-state index is 0.0157. The zero-order valence-corrected chi connectivity index (χ0v) is 7.19. The lowest BCUT2D eigenvalue weighted by atomic mass is 10.3. The van der Waals surface area contributed by atoms with E-state index in [4.69, 9.17) is 5.11 Å². The van der Waals surface area contributed by atoms with Crippen molar-refractivity contribution in [2.24, 2.45) is 0 Å². The van der Waals surface area contributed by atoms with Gasteiger partial charge < -0.3 is 5.11 Å². The van der Waals surface area contributed by atoms with Crippen LogP contribution in [-0.4, -0.2) is 16.1 Å². The average Bonchev–Trinajstić information content (AvgIpc) is 2.49. The van der Waals surface area contributed by atoms with Gasteiger partial charge >= 0.3 is 12.1 Å². The minimum Gasteiger partial charge on any atom is -0.479 e. The molecular formula is C6H3F4NO2S. The molecular weight excluding hydrogens is 226 g/mol. The second kappa shape index (κ2) is 3.52. The lowest BCUT2D eigenvalue weighted by Crippen LogP contribution is -2.04. The summed E-state index contributed by atoms with van der Waals surface area (Å²) >= 11 is -0.0157. The third-order valence-corrected chi connectivity index (χ3v) is 2.31. The first-order valence-corrected chi connectivity index (χ1v) is 4.04. The summed E-state index contributed by atoms with van der Waals surface area (Å²) < 4.78 is 48.5. The quantitative estimate of drug-likeness (QED) is 0.791. The molecule has 1 atom stereocenters. The van der Waals surface area contributed by atoms with Crippen LogP contribution in [0, 0.1) is 0 Å². The summed E-state index contributed by atoms with van der Waals surface area (Å²) in [6.45, 7) is 0. The Bertz CT molecular complexity index is 348. The molecule has 8 heteroatoms. The Hall–Kier alpha value is -1.18. The Morgan fingerprint density at radius 3 is 2.50 bits per heavy atom. The van der Waals surface area contributed by atoms with Gasteiger partial charge in [-0.15, -0.1) is 11.3 Å². The number of carboxylic acid groups (broad SMARTS) is 1. The van der Waals surface area contributed by atoms with Crippen molar-refractivity contribution in [2.75, 3.05) is 0 Å². The molecule has 0 radical (unpaired) electrons. The van der Waals surface area contributed by atoms with Crippen molar-refractivity contribution in [1.82, 2.24) is 4.98 Å². The second-order valence-corrected chi connectivity index (χ2v) is 3.33. The standard InChI is InChI=1S/C6H3F4NO2S/c7-3(4(12)13)2-1-11-5(14-2)6(8,9)10/h1,3H,(H,12,13). The molecule has 0 amide bonds. The Morgan fingerprint density at radius 1 is 1.57 bits per heavy atom. The van der Waals surface area contributed by atoms with Gasteiger partial charge in [0.05, 0.1) is 4.88 Å². The predicted octanol–water partition coefficient (Wildman–Crippen LogP) is 2.26. The van der Waals surface area contributed by atoms with E-state index in [0.717, 1.165) is 0 Å². The highest BCUT2D eigenvalue weighted by molar-refractivity contribution is 7.11. The van der Waals surface area contributed by atoms with E-state index in [-0.39, 0.29) is 11.3 Å². The summed E-state index contributed by atoms with van der Waals surface area (Å²) in [5, 5.41) is 6.92. The number of nitrogens with zero attached hydrogens (tertiary/aromatic N) is 1. The Kier molecular flexibility index (Phi) is 2.74. The SMILES string of the molecule is O=C(O)C(F)c1cnc(C(F)(F)F)s1. The van der Waals surface area contributed by atoms with Crippen molar-refractivity contribution in [3.63, 3.8) is 0 Å². The van der Waals surface area contributed by atoms with E-state index >= 15 is 0 Å². The molecule has 0 aromatic carbocycles. The van der Waals surface area contributed by atoms with Gasteiger partial charge in [0, 0.05) is 6.20 Å². The van der Waals surface area contributed by atoms with Crippen LogP contribution in [-0.2, 0) is 11.0 Å². The normalized spacial score (nSPS) is 14.0. The number of aromatic nitrogens is 1. The van der Waals surface area contributed by atoms with Gasteiger partial charge in [0.1, 0.15) is 0 Å². The van der Waals surface area contributed by atoms with Crippen LogP contribution in [0.4, 0.5) is 17.6 Å². The van der Waals surface area contributed by atoms with Gasteiger partial charge in [-0.25, -0.2) is 14.2 Å². The molecule has 1 aromatic rings. The highest BCUT2D eigenvalue weighted by atomic mass is 32.1.